The summed E-state index contributed by atoms with van der Waals surface area (Å²) >= 11 is 0. The van der Waals surface area contributed by atoms with Crippen LogP contribution in [0.25, 0.3) is 10.8 Å². The maximum atomic E-state index is 13.0. The minimum absolute atomic E-state index is 0.0142. The fourth-order valence-corrected chi connectivity index (χ4v) is 5.29. The zero-order valence-electron chi connectivity index (χ0n) is 18.4. The van der Waals surface area contributed by atoms with Crippen LogP contribution in [0.3, 0.4) is 0 Å². The number of benzene rings is 2. The molecule has 0 spiro atoms. The molecule has 1 amide bonds. The van der Waals surface area contributed by atoms with E-state index in [1.54, 1.807) is 0 Å². The summed E-state index contributed by atoms with van der Waals surface area (Å²) in [5.74, 6) is 3.21. The highest BCUT2D eigenvalue weighted by Gasteiger charge is 2.47. The molecule has 1 unspecified atom stereocenters. The Morgan fingerprint density at radius 1 is 1.06 bits per heavy atom. The minimum Gasteiger partial charge on any atom is -0.325 e. The highest BCUT2D eigenvalue weighted by atomic mass is 16.2. The van der Waals surface area contributed by atoms with Gasteiger partial charge in [0.15, 0.2) is 0 Å². The van der Waals surface area contributed by atoms with Crippen LogP contribution in [0.2, 0.25) is 0 Å². The van der Waals surface area contributed by atoms with Gasteiger partial charge < -0.3 is 9.88 Å². The second kappa shape index (κ2) is 8.81. The van der Waals surface area contributed by atoms with E-state index in [4.69, 9.17) is 0 Å². The number of anilines is 1. The molecule has 1 heterocycles. The second-order valence-corrected chi connectivity index (χ2v) is 9.23. The number of aryl methyl sites for hydroxylation is 1. The van der Waals surface area contributed by atoms with E-state index in [9.17, 15) is 4.79 Å². The molecule has 0 aliphatic heterocycles. The zero-order valence-corrected chi connectivity index (χ0v) is 18.4. The van der Waals surface area contributed by atoms with Crippen LogP contribution in [0.5, 0.6) is 0 Å². The lowest BCUT2D eigenvalue weighted by Crippen LogP contribution is -2.16. The Bertz CT molecular complexity index is 1060. The third-order valence-electron chi connectivity index (χ3n) is 7.18. The number of hydrogen-bond donors (Lipinski definition) is 1. The quantitative estimate of drug-likeness (QED) is 0.537. The van der Waals surface area contributed by atoms with Crippen LogP contribution in [0.15, 0.2) is 42.5 Å². The van der Waals surface area contributed by atoms with E-state index < -0.39 is 0 Å². The van der Waals surface area contributed by atoms with Gasteiger partial charge in [-0.25, -0.2) is 0 Å². The molecule has 162 valence electrons. The van der Waals surface area contributed by atoms with Crippen LogP contribution in [-0.2, 0) is 17.8 Å². The van der Waals surface area contributed by atoms with Crippen molar-refractivity contribution in [1.82, 2.24) is 14.8 Å². The maximum absolute atomic E-state index is 13.0. The summed E-state index contributed by atoms with van der Waals surface area (Å²) in [5, 5.41) is 14.5. The molecule has 31 heavy (non-hydrogen) atoms. The van der Waals surface area contributed by atoms with E-state index >= 15 is 0 Å². The summed E-state index contributed by atoms with van der Waals surface area (Å²) < 4.78 is 2.26. The summed E-state index contributed by atoms with van der Waals surface area (Å²) in [6.07, 6.45) is 9.97. The molecule has 5 nitrogen and oxygen atoms in total. The molecule has 0 bridgehead atoms. The predicted molar refractivity (Wildman–Crippen MR) is 124 cm³/mol. The number of carbonyl (C=O) groups is 1. The number of nitrogens with zero attached hydrogens (tertiary/aromatic N) is 3. The third kappa shape index (κ3) is 4.23. The van der Waals surface area contributed by atoms with Crippen molar-refractivity contribution >= 4 is 22.4 Å². The Kier molecular flexibility index (Phi) is 5.75. The van der Waals surface area contributed by atoms with Crippen LogP contribution < -0.4 is 5.32 Å². The molecule has 2 aliphatic carbocycles. The van der Waals surface area contributed by atoms with Crippen molar-refractivity contribution in [2.24, 2.45) is 11.8 Å². The summed E-state index contributed by atoms with van der Waals surface area (Å²) in [5.41, 5.74) is 0.888. The van der Waals surface area contributed by atoms with Gasteiger partial charge in [-0.1, -0.05) is 68.5 Å². The maximum Gasteiger partial charge on any atom is 0.228 e. The number of aromatic nitrogens is 3. The number of hydrogen-bond acceptors (Lipinski definition) is 3. The molecular weight excluding hydrogens is 384 g/mol. The first kappa shape index (κ1) is 20.2. The first-order chi connectivity index (χ1) is 15.2. The van der Waals surface area contributed by atoms with Gasteiger partial charge >= 0.3 is 0 Å². The highest BCUT2D eigenvalue weighted by molar-refractivity contribution is 6.03. The highest BCUT2D eigenvalue weighted by Crippen LogP contribution is 2.47. The second-order valence-electron chi connectivity index (χ2n) is 9.23. The number of amides is 1. The molecule has 5 heteroatoms. The van der Waals surface area contributed by atoms with Crippen LogP contribution in [0.4, 0.5) is 5.69 Å². The van der Waals surface area contributed by atoms with Crippen molar-refractivity contribution in [2.45, 2.75) is 70.8 Å². The Balaban J connectivity index is 1.25. The van der Waals surface area contributed by atoms with Crippen molar-refractivity contribution < 1.29 is 4.79 Å². The monoisotopic (exact) mass is 416 g/mol. The lowest BCUT2D eigenvalue weighted by Gasteiger charge is -2.21. The minimum atomic E-state index is -0.0142. The Hall–Kier alpha value is -2.69. The zero-order chi connectivity index (χ0) is 21.2. The number of rotatable bonds is 7. The molecule has 2 aliphatic rings. The van der Waals surface area contributed by atoms with Crippen molar-refractivity contribution in [3.8, 4) is 0 Å². The molecule has 5 rings (SSSR count). The Labute approximate surface area is 184 Å². The van der Waals surface area contributed by atoms with Crippen LogP contribution in [-0.4, -0.2) is 20.7 Å². The SMILES string of the molecule is CCn1c(CCC2CCCCC2)nnc1[C@@H]1CC1C(=O)Nc1cccc2ccccc12. The lowest BCUT2D eigenvalue weighted by molar-refractivity contribution is -0.117. The molecule has 3 aromatic rings. The van der Waals surface area contributed by atoms with E-state index in [1.807, 2.05) is 24.3 Å². The largest absolute Gasteiger partial charge is 0.325 e. The lowest BCUT2D eigenvalue weighted by atomic mass is 9.86. The van der Waals surface area contributed by atoms with Crippen molar-refractivity contribution in [3.63, 3.8) is 0 Å². The topological polar surface area (TPSA) is 59.8 Å². The number of carbonyl (C=O) groups excluding carboxylic acids is 1. The first-order valence-corrected chi connectivity index (χ1v) is 11.9. The summed E-state index contributed by atoms with van der Waals surface area (Å²) in [6.45, 7) is 3.03. The Morgan fingerprint density at radius 2 is 1.87 bits per heavy atom. The van der Waals surface area contributed by atoms with Gasteiger partial charge in [-0.2, -0.15) is 0 Å². The van der Waals surface area contributed by atoms with Crippen LogP contribution in [0.1, 0.15) is 69.4 Å². The van der Waals surface area contributed by atoms with E-state index in [1.165, 1.54) is 38.5 Å². The molecule has 2 saturated carbocycles. The predicted octanol–water partition coefficient (Wildman–Crippen LogP) is 5.71. The van der Waals surface area contributed by atoms with Gasteiger partial charge in [0.25, 0.3) is 0 Å². The molecule has 1 N–H and O–H groups in total. The average Bonchev–Trinajstić information content (AvgIpc) is 3.51. The molecule has 2 fully saturated rings. The van der Waals surface area contributed by atoms with Crippen LogP contribution in [0, 0.1) is 11.8 Å². The molecular formula is C26H32N4O. The van der Waals surface area contributed by atoms with E-state index in [0.717, 1.165) is 53.4 Å². The van der Waals surface area contributed by atoms with Crippen molar-refractivity contribution in [3.05, 3.63) is 54.1 Å². The van der Waals surface area contributed by atoms with Gasteiger partial charge in [0, 0.05) is 35.9 Å². The summed E-state index contributed by atoms with van der Waals surface area (Å²) in [4.78, 5) is 13.0. The fourth-order valence-electron chi connectivity index (χ4n) is 5.29. The molecule has 1 aromatic heterocycles. The van der Waals surface area contributed by atoms with Crippen LogP contribution >= 0.6 is 0 Å². The van der Waals surface area contributed by atoms with Crippen molar-refractivity contribution in [1.29, 1.82) is 0 Å². The van der Waals surface area contributed by atoms with E-state index in [-0.39, 0.29) is 17.7 Å². The van der Waals surface area contributed by atoms with Crippen molar-refractivity contribution in [2.75, 3.05) is 5.32 Å². The van der Waals surface area contributed by atoms with Gasteiger partial charge in [-0.05, 0) is 37.1 Å². The fraction of sp³-hybridized carbons (Fsp3) is 0.500. The molecule has 0 radical (unpaired) electrons. The van der Waals surface area contributed by atoms with Gasteiger partial charge in [0.05, 0.1) is 0 Å². The normalized spacial score (nSPS) is 21.3. The first-order valence-electron chi connectivity index (χ1n) is 11.9. The van der Waals surface area contributed by atoms with E-state index in [2.05, 4.69) is 45.2 Å². The summed E-state index contributed by atoms with van der Waals surface area (Å²) in [6, 6.07) is 14.2. The number of nitrogens with one attached hydrogen (secondary N) is 1. The average molecular weight is 417 g/mol. The Morgan fingerprint density at radius 3 is 2.71 bits per heavy atom. The van der Waals surface area contributed by atoms with E-state index in [0.29, 0.717) is 0 Å². The standard InChI is InChI=1S/C26H32N4O/c1-2-30-24(16-15-18-9-4-3-5-10-18)28-29-25(30)21-17-22(21)26(31)27-23-14-8-12-19-11-6-7-13-20(19)23/h6-8,11-14,18,21-22H,2-5,9-10,15-17H2,1H3,(H,27,31)/t21-,22?/m1/s1. The smallest absolute Gasteiger partial charge is 0.228 e. The van der Waals surface area contributed by atoms with Gasteiger partial charge in [0.2, 0.25) is 5.91 Å². The molecule has 0 saturated heterocycles. The van der Waals surface area contributed by atoms with Gasteiger partial charge in [-0.15, -0.1) is 10.2 Å². The van der Waals surface area contributed by atoms with Gasteiger partial charge in [-0.3, -0.25) is 4.79 Å². The summed E-state index contributed by atoms with van der Waals surface area (Å²) in [7, 11) is 0. The van der Waals surface area contributed by atoms with Gasteiger partial charge in [0.1, 0.15) is 11.6 Å². The third-order valence-corrected chi connectivity index (χ3v) is 7.18. The molecule has 2 atom stereocenters. The number of fused-ring (bicyclic) bond motifs is 1. The molecule has 2 aromatic carbocycles.